The van der Waals surface area contributed by atoms with E-state index in [1.165, 1.54) is 22.9 Å². The molecule has 322 valence electrons. The lowest BCUT2D eigenvalue weighted by Crippen LogP contribution is -2.53. The number of pyridine rings is 1. The van der Waals surface area contributed by atoms with Gasteiger partial charge in [-0.2, -0.15) is 18.3 Å². The van der Waals surface area contributed by atoms with Crippen molar-refractivity contribution in [2.75, 3.05) is 32.1 Å². The second-order valence-electron chi connectivity index (χ2n) is 17.8. The standard InChI is InChI=1S/C46H55ClF3N5O5/c1-29(27-59-39-11-17-51-38-9-4-6-30(2)42(38)39)20-32-21-31-22-40-41(60-36(12-19-58-40)26-54(3)25-35-10-18-52-55(35)28-46(48,49)50)24-37(31)44(32)13-15-45(16-14-44,43(56)57)53-34-8-5-7-33(47)23-34/h5,7-8,10-11,17-18,22-24,29-30,32,36,53H,4,6,9,12-16,19-21,25-28H2,1-3H3,(H,56,57)/t29-,30-,32+,36+,44?,45?/m1/s1. The molecule has 4 aromatic rings. The van der Waals surface area contributed by atoms with Gasteiger partial charge in [-0.05, 0) is 142 Å². The maximum atomic E-state index is 13.2. The number of ether oxygens (including phenoxy) is 3. The van der Waals surface area contributed by atoms with Crippen LogP contribution >= 0.6 is 11.6 Å². The molecule has 0 bridgehead atoms. The third kappa shape index (κ3) is 8.93. The molecule has 60 heavy (non-hydrogen) atoms. The van der Waals surface area contributed by atoms with Crippen molar-refractivity contribution in [3.8, 4) is 17.2 Å². The van der Waals surface area contributed by atoms with Crippen LogP contribution in [0.1, 0.15) is 99.2 Å². The number of carbonyl (C=O) groups is 1. The topological polar surface area (TPSA) is 111 Å². The van der Waals surface area contributed by atoms with E-state index < -0.39 is 24.2 Å². The fourth-order valence-corrected chi connectivity index (χ4v) is 10.7. The van der Waals surface area contributed by atoms with E-state index in [9.17, 15) is 23.1 Å². The van der Waals surface area contributed by atoms with Crippen LogP contribution in [0.3, 0.4) is 0 Å². The van der Waals surface area contributed by atoms with Crippen molar-refractivity contribution in [3.63, 3.8) is 0 Å². The third-order valence-electron chi connectivity index (χ3n) is 13.4. The van der Waals surface area contributed by atoms with E-state index in [0.29, 0.717) is 85.7 Å². The van der Waals surface area contributed by atoms with Crippen molar-refractivity contribution in [1.82, 2.24) is 19.7 Å². The van der Waals surface area contributed by atoms with Crippen molar-refractivity contribution in [2.24, 2.45) is 11.8 Å². The Morgan fingerprint density at radius 1 is 1.12 bits per heavy atom. The van der Waals surface area contributed by atoms with Gasteiger partial charge >= 0.3 is 12.1 Å². The van der Waals surface area contributed by atoms with Gasteiger partial charge in [-0.1, -0.05) is 31.5 Å². The highest BCUT2D eigenvalue weighted by Crippen LogP contribution is 2.58. The highest BCUT2D eigenvalue weighted by atomic mass is 35.5. The summed E-state index contributed by atoms with van der Waals surface area (Å²) in [4.78, 5) is 19.8. The minimum Gasteiger partial charge on any atom is -0.493 e. The smallest absolute Gasteiger partial charge is 0.408 e. The molecule has 0 saturated heterocycles. The average molecular weight is 850 g/mol. The van der Waals surface area contributed by atoms with Gasteiger partial charge in [0.1, 0.15) is 23.9 Å². The van der Waals surface area contributed by atoms with Crippen molar-refractivity contribution in [2.45, 2.75) is 120 Å². The molecular formula is C46H55ClF3N5O5. The number of benzene rings is 2. The van der Waals surface area contributed by atoms with Crippen molar-refractivity contribution < 1.29 is 37.3 Å². The quantitative estimate of drug-likeness (QED) is 0.136. The number of aryl methyl sites for hydroxylation is 1. The summed E-state index contributed by atoms with van der Waals surface area (Å²) in [5.41, 5.74) is 4.45. The number of nitrogens with one attached hydrogen (secondary N) is 1. The van der Waals surface area contributed by atoms with Gasteiger partial charge in [0.05, 0.1) is 18.9 Å². The van der Waals surface area contributed by atoms with Crippen LogP contribution in [0.4, 0.5) is 18.9 Å². The molecule has 2 aromatic carbocycles. The van der Waals surface area contributed by atoms with Crippen molar-refractivity contribution >= 4 is 23.3 Å². The van der Waals surface area contributed by atoms with Crippen molar-refractivity contribution in [3.05, 3.63) is 94.0 Å². The van der Waals surface area contributed by atoms with Gasteiger partial charge in [0.15, 0.2) is 11.5 Å². The maximum Gasteiger partial charge on any atom is 0.408 e. The molecule has 3 heterocycles. The second-order valence-corrected chi connectivity index (χ2v) is 18.3. The number of aromatic nitrogens is 3. The Bertz CT molecular complexity index is 2170. The number of carboxylic acids is 1. The Hall–Kier alpha value is -4.49. The molecule has 0 amide bonds. The molecule has 14 heteroatoms. The van der Waals surface area contributed by atoms with Gasteiger partial charge in [-0.15, -0.1) is 0 Å². The van der Waals surface area contributed by atoms with E-state index in [1.54, 1.807) is 18.2 Å². The number of hydrogen-bond acceptors (Lipinski definition) is 8. The van der Waals surface area contributed by atoms with Crippen LogP contribution in [0.15, 0.2) is 60.9 Å². The van der Waals surface area contributed by atoms with Gasteiger partial charge in [0.2, 0.25) is 0 Å². The Kier molecular flexibility index (Phi) is 12.0. The molecule has 1 fully saturated rings. The predicted octanol–water partition coefficient (Wildman–Crippen LogP) is 9.62. The Labute approximate surface area is 354 Å². The number of aliphatic carboxylic acids is 1. The van der Waals surface area contributed by atoms with Crippen molar-refractivity contribution in [1.29, 1.82) is 0 Å². The number of likely N-dealkylation sites (N-methyl/N-ethyl adjacent to an activating group) is 1. The average Bonchev–Trinajstić information content (AvgIpc) is 3.66. The Morgan fingerprint density at radius 2 is 1.93 bits per heavy atom. The summed E-state index contributed by atoms with van der Waals surface area (Å²) in [6, 6.07) is 15.1. The molecule has 1 saturated carbocycles. The molecule has 10 nitrogen and oxygen atoms in total. The summed E-state index contributed by atoms with van der Waals surface area (Å²) in [6.07, 6.45) is 6.35. The molecule has 1 spiro atoms. The monoisotopic (exact) mass is 849 g/mol. The van der Waals surface area contributed by atoms with Crippen LogP contribution in [0.2, 0.25) is 5.02 Å². The Morgan fingerprint density at radius 3 is 2.70 bits per heavy atom. The van der Waals surface area contributed by atoms with E-state index >= 15 is 0 Å². The van der Waals surface area contributed by atoms with E-state index in [1.807, 2.05) is 36.3 Å². The molecule has 2 aromatic heterocycles. The van der Waals surface area contributed by atoms with E-state index in [-0.39, 0.29) is 29.9 Å². The van der Waals surface area contributed by atoms with Crippen LogP contribution in [-0.4, -0.2) is 75.4 Å². The second kappa shape index (κ2) is 17.1. The predicted molar refractivity (Wildman–Crippen MR) is 223 cm³/mol. The number of carboxylic acid groups (broad SMARTS) is 1. The highest BCUT2D eigenvalue weighted by Gasteiger charge is 2.54. The molecule has 4 aliphatic rings. The lowest BCUT2D eigenvalue weighted by molar-refractivity contribution is -0.144. The maximum absolute atomic E-state index is 13.2. The normalized spacial score (nSPS) is 25.4. The molecule has 0 radical (unpaired) electrons. The van der Waals surface area contributed by atoms with Crippen LogP contribution in [0.25, 0.3) is 0 Å². The highest BCUT2D eigenvalue weighted by molar-refractivity contribution is 6.30. The van der Waals surface area contributed by atoms with E-state index in [2.05, 4.69) is 41.4 Å². The van der Waals surface area contributed by atoms with E-state index in [0.717, 1.165) is 48.2 Å². The first-order chi connectivity index (χ1) is 28.7. The number of halogens is 4. The van der Waals surface area contributed by atoms with Crippen LogP contribution in [0.5, 0.6) is 17.2 Å². The summed E-state index contributed by atoms with van der Waals surface area (Å²) in [5, 5.41) is 18.6. The molecule has 4 atom stereocenters. The number of anilines is 1. The zero-order valence-electron chi connectivity index (χ0n) is 34.6. The summed E-state index contributed by atoms with van der Waals surface area (Å²) in [7, 11) is 1.87. The van der Waals surface area contributed by atoms with Crippen LogP contribution in [0, 0.1) is 11.8 Å². The molecular weight excluding hydrogens is 795 g/mol. The van der Waals surface area contributed by atoms with Gasteiger partial charge in [-0.3, -0.25) is 14.6 Å². The van der Waals surface area contributed by atoms with Gasteiger partial charge in [0, 0.05) is 53.9 Å². The number of rotatable bonds is 13. The first-order valence-corrected chi connectivity index (χ1v) is 21.7. The summed E-state index contributed by atoms with van der Waals surface area (Å²) >= 11 is 6.32. The van der Waals surface area contributed by atoms with Crippen LogP contribution < -0.4 is 19.5 Å². The summed E-state index contributed by atoms with van der Waals surface area (Å²) < 4.78 is 60.2. The minimum absolute atomic E-state index is 0.220. The fraction of sp³-hybridized carbons (Fsp3) is 0.543. The SMILES string of the molecule is C[C@@H](COc1ccnc2c1[C@H](C)CCC2)C[C@H]1Cc2cc3c(cc2C12CCC(Nc1cccc(Cl)c1)(C(=O)O)CC2)O[C@H](CN(C)Cc1ccnn1CC(F)(F)F)CCO3. The molecule has 2 N–H and O–H groups in total. The number of fused-ring (bicyclic) bond motifs is 4. The number of hydrogen-bond donors (Lipinski definition) is 2. The minimum atomic E-state index is -4.37. The van der Waals surface area contributed by atoms with Gasteiger partial charge in [-0.25, -0.2) is 4.79 Å². The number of alkyl halides is 3. The largest absolute Gasteiger partial charge is 0.493 e. The summed E-state index contributed by atoms with van der Waals surface area (Å²) in [5.74, 6) is 2.24. The first kappa shape index (κ1) is 42.2. The molecule has 0 unspecified atom stereocenters. The third-order valence-corrected chi connectivity index (χ3v) is 13.7. The fourth-order valence-electron chi connectivity index (χ4n) is 10.5. The summed E-state index contributed by atoms with van der Waals surface area (Å²) in [6.45, 7) is 5.11. The molecule has 8 rings (SSSR count). The van der Waals surface area contributed by atoms with E-state index in [4.69, 9.17) is 25.8 Å². The molecule has 3 aliphatic carbocycles. The first-order valence-electron chi connectivity index (χ1n) is 21.3. The lowest BCUT2D eigenvalue weighted by Gasteiger charge is -2.47. The lowest BCUT2D eigenvalue weighted by atomic mass is 9.59. The number of nitrogens with zero attached hydrogens (tertiary/aromatic N) is 4. The zero-order chi connectivity index (χ0) is 42.2. The Balaban J connectivity index is 1.04. The van der Waals surface area contributed by atoms with Crippen LogP contribution in [-0.2, 0) is 36.1 Å². The van der Waals surface area contributed by atoms with Gasteiger partial charge < -0.3 is 24.6 Å². The van der Waals surface area contributed by atoms with Gasteiger partial charge in [0.25, 0.3) is 0 Å². The molecule has 1 aliphatic heterocycles. The zero-order valence-corrected chi connectivity index (χ0v) is 35.3.